The third-order valence-corrected chi connectivity index (χ3v) is 5.72. The van der Waals surface area contributed by atoms with Gasteiger partial charge in [-0.25, -0.2) is 8.42 Å². The molecule has 128 valence electrons. The van der Waals surface area contributed by atoms with Crippen LogP contribution in [0.15, 0.2) is 45.7 Å². The first kappa shape index (κ1) is 16.7. The van der Waals surface area contributed by atoms with Crippen LogP contribution in [0.4, 0.5) is 0 Å². The minimum Gasteiger partial charge on any atom is -0.455 e. The van der Waals surface area contributed by atoms with Crippen LogP contribution in [0.5, 0.6) is 0 Å². The number of hydrogen-bond acceptors (Lipinski definition) is 4. The van der Waals surface area contributed by atoms with Crippen LogP contribution in [-0.4, -0.2) is 31.7 Å². The van der Waals surface area contributed by atoms with Gasteiger partial charge in [0.25, 0.3) is 5.91 Å². The third-order valence-electron chi connectivity index (χ3n) is 3.91. The molecule has 6 nitrogen and oxygen atoms in total. The first-order valence-corrected chi connectivity index (χ1v) is 9.23. The molecule has 1 saturated carbocycles. The second-order valence-corrected chi connectivity index (χ2v) is 8.13. The minimum atomic E-state index is -3.60. The lowest BCUT2D eigenvalue weighted by molar-refractivity contribution is 0.0921. The summed E-state index contributed by atoms with van der Waals surface area (Å²) in [5.41, 5.74) is 0.994. The van der Waals surface area contributed by atoms with E-state index < -0.39 is 10.0 Å². The van der Waals surface area contributed by atoms with Crippen LogP contribution < -0.4 is 5.32 Å². The second-order valence-electron chi connectivity index (χ2n) is 6.09. The summed E-state index contributed by atoms with van der Waals surface area (Å²) in [7, 11) is -2.11. The number of benzene rings is 1. The van der Waals surface area contributed by atoms with Crippen LogP contribution in [0.3, 0.4) is 0 Å². The van der Waals surface area contributed by atoms with Gasteiger partial charge in [-0.1, -0.05) is 17.7 Å². The molecule has 1 aromatic carbocycles. The summed E-state index contributed by atoms with van der Waals surface area (Å²) in [4.78, 5) is 12.1. The van der Waals surface area contributed by atoms with Gasteiger partial charge in [-0.2, -0.15) is 4.31 Å². The van der Waals surface area contributed by atoms with Gasteiger partial charge in [0.05, 0.1) is 11.4 Å². The Bertz CT molecular complexity index is 836. The highest BCUT2D eigenvalue weighted by Crippen LogP contribution is 2.21. The average Bonchev–Trinajstić information content (AvgIpc) is 3.23. The van der Waals surface area contributed by atoms with Crippen molar-refractivity contribution in [2.24, 2.45) is 0 Å². The van der Waals surface area contributed by atoms with Crippen LogP contribution in [0.1, 0.15) is 34.7 Å². The Labute approximate surface area is 141 Å². The van der Waals surface area contributed by atoms with E-state index in [0.29, 0.717) is 5.76 Å². The smallest absolute Gasteiger partial charge is 0.287 e. The molecule has 0 unspecified atom stereocenters. The Kier molecular flexibility index (Phi) is 4.47. The average molecular weight is 348 g/mol. The number of carbonyl (C=O) groups is 1. The molecule has 0 atom stereocenters. The van der Waals surface area contributed by atoms with E-state index >= 15 is 0 Å². The SMILES string of the molecule is Cc1ccc(S(=O)(=O)N(C)Cc2ccc(C(=O)NC3CC3)o2)cc1. The lowest BCUT2D eigenvalue weighted by atomic mass is 10.2. The van der Waals surface area contributed by atoms with E-state index in [4.69, 9.17) is 4.42 Å². The Morgan fingerprint density at radius 1 is 1.21 bits per heavy atom. The van der Waals surface area contributed by atoms with Crippen molar-refractivity contribution in [2.45, 2.75) is 37.2 Å². The van der Waals surface area contributed by atoms with Crippen molar-refractivity contribution < 1.29 is 17.6 Å². The first-order chi connectivity index (χ1) is 11.4. The van der Waals surface area contributed by atoms with Crippen LogP contribution in [0.2, 0.25) is 0 Å². The largest absolute Gasteiger partial charge is 0.455 e. The zero-order chi connectivity index (χ0) is 17.3. The third kappa shape index (κ3) is 3.68. The predicted octanol–water partition coefficient (Wildman–Crippen LogP) is 2.30. The van der Waals surface area contributed by atoms with Gasteiger partial charge in [-0.05, 0) is 44.0 Å². The number of sulfonamides is 1. The lowest BCUT2D eigenvalue weighted by Gasteiger charge is -2.16. The lowest BCUT2D eigenvalue weighted by Crippen LogP contribution is -2.26. The molecular weight excluding hydrogens is 328 g/mol. The maximum absolute atomic E-state index is 12.5. The van der Waals surface area contributed by atoms with Gasteiger partial charge in [0.2, 0.25) is 10.0 Å². The molecule has 0 spiro atoms. The minimum absolute atomic E-state index is 0.0624. The quantitative estimate of drug-likeness (QED) is 0.869. The molecular formula is C17H20N2O4S. The molecule has 1 N–H and O–H groups in total. The number of nitrogens with one attached hydrogen (secondary N) is 1. The van der Waals surface area contributed by atoms with E-state index in [1.165, 1.54) is 11.4 Å². The van der Waals surface area contributed by atoms with Gasteiger partial charge in [0, 0.05) is 13.1 Å². The number of nitrogens with zero attached hydrogens (tertiary/aromatic N) is 1. The number of amides is 1. The molecule has 24 heavy (non-hydrogen) atoms. The fraction of sp³-hybridized carbons (Fsp3) is 0.353. The maximum Gasteiger partial charge on any atom is 0.287 e. The van der Waals surface area contributed by atoms with Crippen LogP contribution in [0.25, 0.3) is 0 Å². The van der Waals surface area contributed by atoms with Crippen molar-refractivity contribution in [1.82, 2.24) is 9.62 Å². The maximum atomic E-state index is 12.5. The highest BCUT2D eigenvalue weighted by molar-refractivity contribution is 7.89. The van der Waals surface area contributed by atoms with E-state index in [2.05, 4.69) is 5.32 Å². The Hall–Kier alpha value is -2.12. The van der Waals surface area contributed by atoms with E-state index in [-0.39, 0.29) is 29.1 Å². The molecule has 1 amide bonds. The van der Waals surface area contributed by atoms with E-state index in [9.17, 15) is 13.2 Å². The van der Waals surface area contributed by atoms with E-state index in [1.54, 1.807) is 36.4 Å². The molecule has 1 heterocycles. The summed E-state index contributed by atoms with van der Waals surface area (Å²) in [5, 5.41) is 2.83. The summed E-state index contributed by atoms with van der Waals surface area (Å²) in [6.45, 7) is 1.96. The number of aryl methyl sites for hydroxylation is 1. The van der Waals surface area contributed by atoms with Gasteiger partial charge in [0.15, 0.2) is 5.76 Å². The van der Waals surface area contributed by atoms with Crippen LogP contribution in [-0.2, 0) is 16.6 Å². The van der Waals surface area contributed by atoms with Gasteiger partial charge < -0.3 is 9.73 Å². The molecule has 1 aliphatic carbocycles. The molecule has 0 radical (unpaired) electrons. The molecule has 0 aliphatic heterocycles. The second kappa shape index (κ2) is 6.41. The fourth-order valence-corrected chi connectivity index (χ4v) is 3.40. The predicted molar refractivity (Wildman–Crippen MR) is 89.0 cm³/mol. The Morgan fingerprint density at radius 3 is 2.50 bits per heavy atom. The normalized spacial score (nSPS) is 14.8. The number of carbonyl (C=O) groups excluding carboxylic acids is 1. The van der Waals surface area contributed by atoms with Crippen molar-refractivity contribution in [2.75, 3.05) is 7.05 Å². The summed E-state index contributed by atoms with van der Waals surface area (Å²) in [6, 6.07) is 10.1. The molecule has 2 aromatic rings. The Morgan fingerprint density at radius 2 is 1.88 bits per heavy atom. The van der Waals surface area contributed by atoms with Crippen molar-refractivity contribution in [1.29, 1.82) is 0 Å². The van der Waals surface area contributed by atoms with E-state index in [1.807, 2.05) is 6.92 Å². The fourth-order valence-electron chi connectivity index (χ4n) is 2.26. The molecule has 1 aromatic heterocycles. The first-order valence-electron chi connectivity index (χ1n) is 7.79. The van der Waals surface area contributed by atoms with E-state index in [0.717, 1.165) is 18.4 Å². The number of furan rings is 1. The molecule has 3 rings (SSSR count). The molecule has 7 heteroatoms. The van der Waals surface area contributed by atoms with Crippen LogP contribution >= 0.6 is 0 Å². The van der Waals surface area contributed by atoms with Gasteiger partial charge >= 0.3 is 0 Å². The highest BCUT2D eigenvalue weighted by atomic mass is 32.2. The summed E-state index contributed by atoms with van der Waals surface area (Å²) < 4.78 is 31.8. The van der Waals surface area contributed by atoms with Crippen molar-refractivity contribution >= 4 is 15.9 Å². The zero-order valence-electron chi connectivity index (χ0n) is 13.7. The molecule has 1 fully saturated rings. The molecule has 0 bridgehead atoms. The summed E-state index contributed by atoms with van der Waals surface area (Å²) >= 11 is 0. The van der Waals surface area contributed by atoms with Crippen molar-refractivity contribution in [3.8, 4) is 0 Å². The monoisotopic (exact) mass is 348 g/mol. The summed E-state index contributed by atoms with van der Waals surface area (Å²) in [6.07, 6.45) is 1.99. The Balaban J connectivity index is 1.69. The van der Waals surface area contributed by atoms with Gasteiger partial charge in [0.1, 0.15) is 5.76 Å². The summed E-state index contributed by atoms with van der Waals surface area (Å²) in [5.74, 6) is 0.375. The van der Waals surface area contributed by atoms with Gasteiger partial charge in [-0.3, -0.25) is 4.79 Å². The van der Waals surface area contributed by atoms with Crippen LogP contribution in [0, 0.1) is 6.92 Å². The standard InChI is InChI=1S/C17H20N2O4S/c1-12-3-8-15(9-4-12)24(21,22)19(2)11-14-7-10-16(23-14)17(20)18-13-5-6-13/h3-4,7-10,13H,5-6,11H2,1-2H3,(H,18,20). The molecule has 1 aliphatic rings. The van der Waals surface area contributed by atoms with Crippen molar-refractivity contribution in [3.63, 3.8) is 0 Å². The topological polar surface area (TPSA) is 79.6 Å². The van der Waals surface area contributed by atoms with Gasteiger partial charge in [-0.15, -0.1) is 0 Å². The molecule has 0 saturated heterocycles. The highest BCUT2D eigenvalue weighted by Gasteiger charge is 2.26. The number of hydrogen-bond donors (Lipinski definition) is 1. The van der Waals surface area contributed by atoms with Crippen molar-refractivity contribution in [3.05, 3.63) is 53.5 Å². The zero-order valence-corrected chi connectivity index (χ0v) is 14.5. The number of rotatable bonds is 6.